The lowest BCUT2D eigenvalue weighted by Gasteiger charge is -2.16. The average Bonchev–Trinajstić information content (AvgIpc) is 2.68. The molecule has 0 saturated heterocycles. The van der Waals surface area contributed by atoms with Crippen LogP contribution < -0.4 is 15.6 Å². The lowest BCUT2D eigenvalue weighted by molar-refractivity contribution is 0.102. The first-order valence-corrected chi connectivity index (χ1v) is 9.70. The van der Waals surface area contributed by atoms with Crippen LogP contribution in [0.2, 0.25) is 5.02 Å². The minimum Gasteiger partial charge on any atom is -0.506 e. The van der Waals surface area contributed by atoms with E-state index in [0.717, 1.165) is 6.42 Å². The van der Waals surface area contributed by atoms with E-state index in [0.29, 0.717) is 39.8 Å². The molecule has 2 aromatic carbocycles. The van der Waals surface area contributed by atoms with Gasteiger partial charge in [0.2, 0.25) is 0 Å². The molecule has 0 radical (unpaired) electrons. The van der Waals surface area contributed by atoms with E-state index < -0.39 is 11.5 Å². The smallest absolute Gasteiger partial charge is 0.267 e. The number of anilines is 1. The van der Waals surface area contributed by atoms with Gasteiger partial charge >= 0.3 is 0 Å². The van der Waals surface area contributed by atoms with Crippen molar-refractivity contribution in [2.75, 3.05) is 12.4 Å². The van der Waals surface area contributed by atoms with Gasteiger partial charge in [-0.2, -0.15) is 0 Å². The number of nitrogens with zero attached hydrogens (tertiary/aromatic N) is 1. The number of rotatable bonds is 6. The second-order valence-electron chi connectivity index (χ2n) is 7.18. The van der Waals surface area contributed by atoms with Crippen LogP contribution in [0, 0.1) is 5.92 Å². The summed E-state index contributed by atoms with van der Waals surface area (Å²) in [7, 11) is 1.46. The molecule has 0 unspecified atom stereocenters. The number of fused-ring (bicyclic) bond motifs is 1. The fraction of sp³-hybridized carbons (Fsp3) is 0.273. The van der Waals surface area contributed by atoms with Gasteiger partial charge in [-0.3, -0.25) is 9.59 Å². The summed E-state index contributed by atoms with van der Waals surface area (Å²) in [5, 5.41) is 14.2. The van der Waals surface area contributed by atoms with Crippen LogP contribution in [0.15, 0.2) is 47.3 Å². The number of methoxy groups -OCH3 is 1. The van der Waals surface area contributed by atoms with Gasteiger partial charge in [0.25, 0.3) is 11.5 Å². The van der Waals surface area contributed by atoms with Gasteiger partial charge in [-0.05, 0) is 42.7 Å². The van der Waals surface area contributed by atoms with E-state index in [-0.39, 0.29) is 11.3 Å². The van der Waals surface area contributed by atoms with E-state index in [1.807, 2.05) is 0 Å². The van der Waals surface area contributed by atoms with Gasteiger partial charge in [0.05, 0.1) is 18.3 Å². The predicted molar refractivity (Wildman–Crippen MR) is 115 cm³/mol. The minimum absolute atomic E-state index is 0.311. The number of hydrogen-bond donors (Lipinski definition) is 2. The number of carbonyl (C=O) groups is 1. The van der Waals surface area contributed by atoms with E-state index in [9.17, 15) is 14.7 Å². The van der Waals surface area contributed by atoms with Gasteiger partial charge in [0.1, 0.15) is 17.1 Å². The lowest BCUT2D eigenvalue weighted by Crippen LogP contribution is -2.30. The number of ether oxygens (including phenoxy) is 1. The van der Waals surface area contributed by atoms with Crippen molar-refractivity contribution < 1.29 is 14.6 Å². The number of nitrogens with one attached hydrogen (secondary N) is 1. The maximum Gasteiger partial charge on any atom is 0.267 e. The molecule has 3 aromatic rings. The number of aromatic hydroxyl groups is 1. The number of aryl methyl sites for hydroxylation is 1. The number of halogens is 1. The first-order chi connectivity index (χ1) is 13.8. The highest BCUT2D eigenvalue weighted by molar-refractivity contribution is 6.31. The molecule has 0 aliphatic carbocycles. The monoisotopic (exact) mass is 414 g/mol. The van der Waals surface area contributed by atoms with Crippen molar-refractivity contribution >= 4 is 34.1 Å². The quantitative estimate of drug-likeness (QED) is 0.614. The Morgan fingerprint density at radius 3 is 2.66 bits per heavy atom. The molecule has 1 amide bonds. The highest BCUT2D eigenvalue weighted by Crippen LogP contribution is 2.30. The molecule has 0 aliphatic heterocycles. The molecule has 0 atom stereocenters. The fourth-order valence-electron chi connectivity index (χ4n) is 3.17. The van der Waals surface area contributed by atoms with Crippen LogP contribution in [0.25, 0.3) is 10.9 Å². The Hall–Kier alpha value is -2.99. The third-order valence-corrected chi connectivity index (χ3v) is 4.95. The van der Waals surface area contributed by atoms with Crippen LogP contribution in [0.3, 0.4) is 0 Å². The molecule has 0 fully saturated rings. The topological polar surface area (TPSA) is 80.6 Å². The van der Waals surface area contributed by atoms with Gasteiger partial charge in [0.15, 0.2) is 0 Å². The predicted octanol–water partition coefficient (Wildman–Crippen LogP) is 4.67. The highest BCUT2D eigenvalue weighted by Gasteiger charge is 2.23. The zero-order valence-corrected chi connectivity index (χ0v) is 17.3. The van der Waals surface area contributed by atoms with E-state index in [1.165, 1.54) is 13.2 Å². The Morgan fingerprint density at radius 1 is 1.24 bits per heavy atom. The molecule has 2 N–H and O–H groups in total. The average molecular weight is 415 g/mol. The zero-order chi connectivity index (χ0) is 21.1. The molecule has 3 rings (SSSR count). The van der Waals surface area contributed by atoms with Crippen molar-refractivity contribution in [1.29, 1.82) is 0 Å². The molecule has 6 nitrogen and oxygen atoms in total. The van der Waals surface area contributed by atoms with E-state index in [1.54, 1.807) is 41.0 Å². The summed E-state index contributed by atoms with van der Waals surface area (Å²) in [6.45, 7) is 4.57. The molecule has 0 saturated carbocycles. The van der Waals surface area contributed by atoms with E-state index in [2.05, 4.69) is 19.2 Å². The summed E-state index contributed by atoms with van der Waals surface area (Å²) in [5.74, 6) is -0.298. The molecule has 0 bridgehead atoms. The summed E-state index contributed by atoms with van der Waals surface area (Å²) in [4.78, 5) is 26.1. The highest BCUT2D eigenvalue weighted by atomic mass is 35.5. The molecule has 1 heterocycles. The Bertz CT molecular complexity index is 1120. The summed E-state index contributed by atoms with van der Waals surface area (Å²) < 4.78 is 6.78. The van der Waals surface area contributed by atoms with Crippen molar-refractivity contribution in [1.82, 2.24) is 4.57 Å². The molecule has 29 heavy (non-hydrogen) atoms. The maximum atomic E-state index is 13.2. The first kappa shape index (κ1) is 20.7. The second-order valence-corrected chi connectivity index (χ2v) is 7.62. The zero-order valence-electron chi connectivity index (χ0n) is 16.5. The Labute approximate surface area is 173 Å². The van der Waals surface area contributed by atoms with Crippen molar-refractivity contribution in [2.24, 2.45) is 5.92 Å². The van der Waals surface area contributed by atoms with Crippen LogP contribution in [-0.4, -0.2) is 22.7 Å². The van der Waals surface area contributed by atoms with E-state index in [4.69, 9.17) is 16.3 Å². The molecule has 0 aliphatic rings. The van der Waals surface area contributed by atoms with Gasteiger partial charge in [-0.25, -0.2) is 0 Å². The van der Waals surface area contributed by atoms with Crippen LogP contribution in [0.1, 0.15) is 30.6 Å². The SMILES string of the molecule is COc1ccc(Cl)cc1NC(=O)c1c(O)c2ccccc2n(CCC(C)C)c1=O. The minimum atomic E-state index is -0.725. The van der Waals surface area contributed by atoms with Gasteiger partial charge in [0, 0.05) is 17.0 Å². The van der Waals surface area contributed by atoms with Crippen LogP contribution in [-0.2, 0) is 6.54 Å². The van der Waals surface area contributed by atoms with Gasteiger partial charge in [-0.15, -0.1) is 0 Å². The van der Waals surface area contributed by atoms with Gasteiger partial charge < -0.3 is 19.7 Å². The van der Waals surface area contributed by atoms with Crippen molar-refractivity contribution in [3.8, 4) is 11.5 Å². The summed E-state index contributed by atoms with van der Waals surface area (Å²) in [6, 6.07) is 11.8. The number of para-hydroxylation sites is 1. The second kappa shape index (κ2) is 8.57. The summed E-state index contributed by atoms with van der Waals surface area (Å²) >= 11 is 6.02. The number of aromatic nitrogens is 1. The van der Waals surface area contributed by atoms with E-state index >= 15 is 0 Å². The van der Waals surface area contributed by atoms with Crippen LogP contribution in [0.5, 0.6) is 11.5 Å². The van der Waals surface area contributed by atoms with Crippen molar-refractivity contribution in [3.63, 3.8) is 0 Å². The lowest BCUT2D eigenvalue weighted by atomic mass is 10.1. The molecular weight excluding hydrogens is 392 g/mol. The summed E-state index contributed by atoms with van der Waals surface area (Å²) in [6.07, 6.45) is 0.762. The van der Waals surface area contributed by atoms with Crippen molar-refractivity contribution in [3.05, 3.63) is 63.4 Å². The fourth-order valence-corrected chi connectivity index (χ4v) is 3.34. The number of hydrogen-bond acceptors (Lipinski definition) is 4. The number of benzene rings is 2. The first-order valence-electron chi connectivity index (χ1n) is 9.32. The number of carbonyl (C=O) groups excluding carboxylic acids is 1. The van der Waals surface area contributed by atoms with Crippen LogP contribution >= 0.6 is 11.6 Å². The molecule has 0 spiro atoms. The largest absolute Gasteiger partial charge is 0.506 e. The molecular formula is C22H23ClN2O4. The number of pyridine rings is 1. The molecule has 7 heteroatoms. The third kappa shape index (κ3) is 4.22. The normalized spacial score (nSPS) is 11.1. The Kier molecular flexibility index (Phi) is 6.13. The maximum absolute atomic E-state index is 13.2. The third-order valence-electron chi connectivity index (χ3n) is 4.71. The molecule has 152 valence electrons. The van der Waals surface area contributed by atoms with Crippen LogP contribution in [0.4, 0.5) is 5.69 Å². The molecule has 1 aromatic heterocycles. The number of amides is 1. The Morgan fingerprint density at radius 2 is 1.97 bits per heavy atom. The van der Waals surface area contributed by atoms with Crippen molar-refractivity contribution in [2.45, 2.75) is 26.8 Å². The standard InChI is InChI=1S/C22H23ClN2O4/c1-13(2)10-11-25-17-7-5-4-6-15(17)20(26)19(22(25)28)21(27)24-16-12-14(23)8-9-18(16)29-3/h4-9,12-13,26H,10-11H2,1-3H3,(H,24,27). The Balaban J connectivity index is 2.13. The summed E-state index contributed by atoms with van der Waals surface area (Å²) in [5.41, 5.74) is 0.0491. The van der Waals surface area contributed by atoms with Gasteiger partial charge in [-0.1, -0.05) is 37.6 Å².